The molecule has 1 aromatic heterocycles. The minimum atomic E-state index is -0.978. The van der Waals surface area contributed by atoms with Crippen LogP contribution in [0.2, 0.25) is 0 Å². The molecular weight excluding hydrogens is 234 g/mol. The Labute approximate surface area is 106 Å². The Bertz CT molecular complexity index is 403. The molecule has 1 heterocycles. The number of aliphatic carboxylic acids is 1. The maximum absolute atomic E-state index is 11.6. The molecule has 1 aromatic rings. The Kier molecular flexibility index (Phi) is 4.53. The van der Waals surface area contributed by atoms with E-state index in [0.717, 1.165) is 0 Å². The zero-order chi connectivity index (χ0) is 13.8. The third-order valence-electron chi connectivity index (χ3n) is 2.36. The van der Waals surface area contributed by atoms with Crippen LogP contribution >= 0.6 is 0 Å². The Hall–Kier alpha value is -1.78. The molecule has 0 spiro atoms. The minimum Gasteiger partial charge on any atom is -0.481 e. The molecule has 2 N–H and O–H groups in total. The lowest BCUT2D eigenvalue weighted by Crippen LogP contribution is -2.40. The summed E-state index contributed by atoms with van der Waals surface area (Å²) in [5.74, 6) is -1.52. The van der Waals surface area contributed by atoms with Gasteiger partial charge >= 0.3 is 5.97 Å². The van der Waals surface area contributed by atoms with Crippen LogP contribution in [0.5, 0.6) is 0 Å². The van der Waals surface area contributed by atoms with Gasteiger partial charge in [0.15, 0.2) is 0 Å². The van der Waals surface area contributed by atoms with E-state index in [-0.39, 0.29) is 24.3 Å². The van der Waals surface area contributed by atoms with E-state index in [1.54, 1.807) is 12.1 Å². The average Bonchev–Trinajstić information content (AvgIpc) is 2.67. The third kappa shape index (κ3) is 4.61. The average molecular weight is 253 g/mol. The molecule has 0 saturated heterocycles. The van der Waals surface area contributed by atoms with Crippen LogP contribution in [-0.4, -0.2) is 22.5 Å². The molecule has 0 saturated carbocycles. The van der Waals surface area contributed by atoms with Gasteiger partial charge in [-0.25, -0.2) is 0 Å². The van der Waals surface area contributed by atoms with E-state index in [4.69, 9.17) is 9.52 Å². The second kappa shape index (κ2) is 5.71. The van der Waals surface area contributed by atoms with Crippen molar-refractivity contribution in [1.29, 1.82) is 0 Å². The van der Waals surface area contributed by atoms with Crippen molar-refractivity contribution in [2.45, 2.75) is 45.1 Å². The first-order chi connectivity index (χ1) is 8.29. The third-order valence-corrected chi connectivity index (χ3v) is 2.36. The summed E-state index contributed by atoms with van der Waals surface area (Å²) in [6.07, 6.45) is 1.82. The van der Waals surface area contributed by atoms with E-state index in [9.17, 15) is 9.59 Å². The number of amides is 1. The highest BCUT2D eigenvalue weighted by Crippen LogP contribution is 2.22. The quantitative estimate of drug-likeness (QED) is 0.842. The van der Waals surface area contributed by atoms with E-state index >= 15 is 0 Å². The number of rotatable bonds is 5. The number of hydrogen-bond acceptors (Lipinski definition) is 3. The first-order valence-electron chi connectivity index (χ1n) is 5.87. The summed E-state index contributed by atoms with van der Waals surface area (Å²) in [5.41, 5.74) is -0.305. The molecule has 0 aliphatic rings. The molecule has 0 fully saturated rings. The fourth-order valence-corrected chi connectivity index (χ4v) is 1.63. The summed E-state index contributed by atoms with van der Waals surface area (Å²) in [5, 5.41) is 11.9. The Balaban J connectivity index is 2.54. The smallest absolute Gasteiger partial charge is 0.314 e. The number of carbonyl (C=O) groups excluding carboxylic acids is 1. The highest BCUT2D eigenvalue weighted by atomic mass is 16.4. The van der Waals surface area contributed by atoms with Crippen molar-refractivity contribution < 1.29 is 19.1 Å². The molecule has 0 aliphatic carbocycles. The summed E-state index contributed by atoms with van der Waals surface area (Å²) in [4.78, 5) is 22.7. The predicted octanol–water partition coefficient (Wildman–Crippen LogP) is 2.14. The van der Waals surface area contributed by atoms with Gasteiger partial charge in [-0.05, 0) is 39.3 Å². The van der Waals surface area contributed by atoms with Gasteiger partial charge in [0.05, 0.1) is 6.26 Å². The van der Waals surface area contributed by atoms with Crippen molar-refractivity contribution in [2.75, 3.05) is 0 Å². The molecule has 0 bridgehead atoms. The first kappa shape index (κ1) is 14.3. The number of nitrogens with one attached hydrogen (secondary N) is 1. The molecule has 18 heavy (non-hydrogen) atoms. The number of furan rings is 1. The monoisotopic (exact) mass is 253 g/mol. The topological polar surface area (TPSA) is 79.5 Å². The van der Waals surface area contributed by atoms with Gasteiger partial charge in [0.1, 0.15) is 11.7 Å². The van der Waals surface area contributed by atoms with E-state index in [1.807, 2.05) is 20.8 Å². The lowest BCUT2D eigenvalue weighted by molar-refractivity contribution is -0.139. The van der Waals surface area contributed by atoms with Crippen molar-refractivity contribution in [3.63, 3.8) is 0 Å². The van der Waals surface area contributed by atoms with Gasteiger partial charge in [-0.15, -0.1) is 0 Å². The van der Waals surface area contributed by atoms with Crippen LogP contribution in [0.15, 0.2) is 22.8 Å². The zero-order valence-corrected chi connectivity index (χ0v) is 10.9. The Morgan fingerprint density at radius 2 is 2.11 bits per heavy atom. The largest absolute Gasteiger partial charge is 0.481 e. The van der Waals surface area contributed by atoms with E-state index in [0.29, 0.717) is 5.76 Å². The van der Waals surface area contributed by atoms with E-state index < -0.39 is 11.9 Å². The van der Waals surface area contributed by atoms with Crippen LogP contribution in [0.3, 0.4) is 0 Å². The molecule has 0 aliphatic heterocycles. The molecule has 100 valence electrons. The van der Waals surface area contributed by atoms with Crippen LogP contribution in [-0.2, 0) is 9.59 Å². The molecule has 5 nitrogen and oxygen atoms in total. The molecule has 1 rings (SSSR count). The fourth-order valence-electron chi connectivity index (χ4n) is 1.63. The molecule has 1 unspecified atom stereocenters. The number of hydrogen-bond donors (Lipinski definition) is 2. The highest BCUT2D eigenvalue weighted by molar-refractivity contribution is 5.79. The van der Waals surface area contributed by atoms with Gasteiger partial charge in [-0.1, -0.05) is 0 Å². The van der Waals surface area contributed by atoms with Crippen LogP contribution in [0.4, 0.5) is 0 Å². The number of carboxylic acid groups (broad SMARTS) is 1. The summed E-state index contributed by atoms with van der Waals surface area (Å²) in [6.45, 7) is 5.64. The van der Waals surface area contributed by atoms with Gasteiger partial charge in [-0.2, -0.15) is 0 Å². The van der Waals surface area contributed by atoms with Crippen molar-refractivity contribution >= 4 is 11.9 Å². The van der Waals surface area contributed by atoms with Crippen LogP contribution < -0.4 is 5.32 Å². The van der Waals surface area contributed by atoms with E-state index in [2.05, 4.69) is 5.32 Å². The molecule has 1 atom stereocenters. The summed E-state index contributed by atoms with van der Waals surface area (Å²) in [6, 6.07) is 3.25. The van der Waals surface area contributed by atoms with Crippen molar-refractivity contribution in [2.24, 2.45) is 0 Å². The minimum absolute atomic E-state index is 0.152. The number of carboxylic acids is 1. The number of carbonyl (C=O) groups is 2. The lowest BCUT2D eigenvalue weighted by Gasteiger charge is -2.20. The molecule has 0 radical (unpaired) electrons. The highest BCUT2D eigenvalue weighted by Gasteiger charge is 2.24. The molecule has 5 heteroatoms. The van der Waals surface area contributed by atoms with Crippen LogP contribution in [0, 0.1) is 0 Å². The fraction of sp³-hybridized carbons (Fsp3) is 0.538. The van der Waals surface area contributed by atoms with Crippen LogP contribution in [0.25, 0.3) is 0 Å². The SMILES string of the molecule is CC(C)(C)NC(=O)CCC(C(=O)O)c1ccco1. The van der Waals surface area contributed by atoms with Crippen molar-refractivity contribution in [3.8, 4) is 0 Å². The van der Waals surface area contributed by atoms with Gasteiger partial charge in [0.25, 0.3) is 0 Å². The predicted molar refractivity (Wildman–Crippen MR) is 66.2 cm³/mol. The second-order valence-corrected chi connectivity index (χ2v) is 5.24. The maximum Gasteiger partial charge on any atom is 0.314 e. The van der Waals surface area contributed by atoms with E-state index in [1.165, 1.54) is 6.26 Å². The summed E-state index contributed by atoms with van der Waals surface area (Å²) < 4.78 is 5.08. The van der Waals surface area contributed by atoms with Gasteiger partial charge < -0.3 is 14.8 Å². The van der Waals surface area contributed by atoms with Crippen LogP contribution in [0.1, 0.15) is 45.3 Å². The standard InChI is InChI=1S/C13H19NO4/c1-13(2,3)14-11(15)7-6-9(12(16)17)10-5-4-8-18-10/h4-5,8-9H,6-7H2,1-3H3,(H,14,15)(H,16,17). The van der Waals surface area contributed by atoms with Gasteiger partial charge in [-0.3, -0.25) is 9.59 Å². The Morgan fingerprint density at radius 3 is 2.56 bits per heavy atom. The van der Waals surface area contributed by atoms with Gasteiger partial charge in [0.2, 0.25) is 5.91 Å². The first-order valence-corrected chi connectivity index (χ1v) is 5.87. The molecular formula is C13H19NO4. The second-order valence-electron chi connectivity index (χ2n) is 5.24. The van der Waals surface area contributed by atoms with Gasteiger partial charge in [0, 0.05) is 12.0 Å². The molecule has 0 aromatic carbocycles. The Morgan fingerprint density at radius 1 is 1.44 bits per heavy atom. The normalized spacial score (nSPS) is 13.1. The maximum atomic E-state index is 11.6. The van der Waals surface area contributed by atoms with Crippen molar-refractivity contribution in [3.05, 3.63) is 24.2 Å². The lowest BCUT2D eigenvalue weighted by atomic mass is 9.99. The van der Waals surface area contributed by atoms with Crippen molar-refractivity contribution in [1.82, 2.24) is 5.32 Å². The summed E-state index contributed by atoms with van der Waals surface area (Å²) >= 11 is 0. The summed E-state index contributed by atoms with van der Waals surface area (Å²) in [7, 11) is 0. The molecule has 1 amide bonds. The zero-order valence-electron chi connectivity index (χ0n) is 10.9.